The number of carboxylic acids is 1. The molecule has 6 heteroatoms. The largest absolute Gasteiger partial charge is 0.478 e. The minimum absolute atomic E-state index is 0.204. The van der Waals surface area contributed by atoms with Crippen LogP contribution in [0.3, 0.4) is 0 Å². The summed E-state index contributed by atoms with van der Waals surface area (Å²) in [6.07, 6.45) is 1.75. The molecular formula is C16H17NO4S. The number of benzene rings is 2. The molecule has 0 saturated carbocycles. The van der Waals surface area contributed by atoms with E-state index in [2.05, 4.69) is 4.72 Å². The van der Waals surface area contributed by atoms with Crippen molar-refractivity contribution in [3.63, 3.8) is 0 Å². The molecule has 2 aromatic carbocycles. The fourth-order valence-corrected chi connectivity index (χ4v) is 2.92. The maximum absolute atomic E-state index is 11.5. The molecule has 116 valence electrons. The number of hydrogen-bond acceptors (Lipinski definition) is 3. The molecule has 0 aromatic heterocycles. The molecule has 0 unspecified atom stereocenters. The van der Waals surface area contributed by atoms with Gasteiger partial charge < -0.3 is 5.11 Å². The lowest BCUT2D eigenvalue weighted by atomic mass is 9.93. The molecule has 2 N–H and O–H groups in total. The summed E-state index contributed by atoms with van der Waals surface area (Å²) in [5.74, 6) is -1.01. The Bertz CT molecular complexity index is 813. The standard InChI is InChI=1S/C16H17NO4S/c1-3-11-6-5-9-14(16(18)19)15(11)12-7-4-8-13(10-12)17-22(2,20)21/h4-10,17H,3H2,1-2H3,(H,18,19). The number of carboxylic acid groups (broad SMARTS) is 1. The predicted octanol–water partition coefficient (Wildman–Crippen LogP) is 2.99. The van der Waals surface area contributed by atoms with Gasteiger partial charge in [0, 0.05) is 5.69 Å². The number of carbonyl (C=O) groups is 1. The van der Waals surface area contributed by atoms with Crippen molar-refractivity contribution in [3.05, 3.63) is 53.6 Å². The van der Waals surface area contributed by atoms with E-state index in [1.54, 1.807) is 36.4 Å². The highest BCUT2D eigenvalue weighted by molar-refractivity contribution is 7.92. The first-order valence-electron chi connectivity index (χ1n) is 6.75. The Morgan fingerprint density at radius 3 is 2.45 bits per heavy atom. The Morgan fingerprint density at radius 1 is 1.18 bits per heavy atom. The molecule has 2 rings (SSSR count). The maximum Gasteiger partial charge on any atom is 0.336 e. The van der Waals surface area contributed by atoms with E-state index >= 15 is 0 Å². The van der Waals surface area contributed by atoms with Crippen LogP contribution in [-0.2, 0) is 16.4 Å². The number of hydrogen-bond donors (Lipinski definition) is 2. The molecule has 0 fully saturated rings. The Balaban J connectivity index is 2.61. The quantitative estimate of drug-likeness (QED) is 0.887. The molecule has 0 radical (unpaired) electrons. The Morgan fingerprint density at radius 2 is 1.86 bits per heavy atom. The highest BCUT2D eigenvalue weighted by Gasteiger charge is 2.15. The molecule has 22 heavy (non-hydrogen) atoms. The zero-order chi connectivity index (χ0) is 16.3. The van der Waals surface area contributed by atoms with Gasteiger partial charge >= 0.3 is 5.97 Å². The fourth-order valence-electron chi connectivity index (χ4n) is 2.37. The van der Waals surface area contributed by atoms with Gasteiger partial charge in [0.25, 0.3) is 0 Å². The Labute approximate surface area is 129 Å². The third-order valence-corrected chi connectivity index (χ3v) is 3.82. The van der Waals surface area contributed by atoms with Crippen LogP contribution in [0.25, 0.3) is 11.1 Å². The van der Waals surface area contributed by atoms with Gasteiger partial charge in [-0.1, -0.05) is 31.2 Å². The van der Waals surface area contributed by atoms with Crippen LogP contribution in [0, 0.1) is 0 Å². The van der Waals surface area contributed by atoms with Crippen molar-refractivity contribution in [2.75, 3.05) is 11.0 Å². The average molecular weight is 319 g/mol. The number of aromatic carboxylic acids is 1. The number of rotatable bonds is 5. The third kappa shape index (κ3) is 3.65. The number of aryl methyl sites for hydroxylation is 1. The van der Waals surface area contributed by atoms with Crippen LogP contribution < -0.4 is 4.72 Å². The summed E-state index contributed by atoms with van der Waals surface area (Å²) in [5, 5.41) is 9.39. The second kappa shape index (κ2) is 6.19. The molecule has 0 aliphatic rings. The molecule has 0 atom stereocenters. The summed E-state index contributed by atoms with van der Waals surface area (Å²) >= 11 is 0. The van der Waals surface area contributed by atoms with Crippen molar-refractivity contribution >= 4 is 21.7 Å². The summed E-state index contributed by atoms with van der Waals surface area (Å²) in [4.78, 5) is 11.5. The van der Waals surface area contributed by atoms with Gasteiger partial charge in [0.1, 0.15) is 0 Å². The summed E-state index contributed by atoms with van der Waals surface area (Å²) < 4.78 is 25.1. The van der Waals surface area contributed by atoms with Gasteiger partial charge in [-0.3, -0.25) is 4.72 Å². The van der Waals surface area contributed by atoms with Crippen LogP contribution in [0.2, 0.25) is 0 Å². The van der Waals surface area contributed by atoms with E-state index in [4.69, 9.17) is 0 Å². The zero-order valence-electron chi connectivity index (χ0n) is 12.3. The molecule has 0 amide bonds. The van der Waals surface area contributed by atoms with Crippen LogP contribution in [0.1, 0.15) is 22.8 Å². The number of nitrogens with one attached hydrogen (secondary N) is 1. The Hall–Kier alpha value is -2.34. The van der Waals surface area contributed by atoms with Crippen molar-refractivity contribution in [2.45, 2.75) is 13.3 Å². The van der Waals surface area contributed by atoms with Gasteiger partial charge in [-0.05, 0) is 41.3 Å². The van der Waals surface area contributed by atoms with Gasteiger partial charge in [-0.15, -0.1) is 0 Å². The molecule has 0 saturated heterocycles. The first-order valence-corrected chi connectivity index (χ1v) is 8.64. The maximum atomic E-state index is 11.5. The van der Waals surface area contributed by atoms with Crippen LogP contribution in [-0.4, -0.2) is 25.7 Å². The van der Waals surface area contributed by atoms with Crippen LogP contribution in [0.4, 0.5) is 5.69 Å². The summed E-state index contributed by atoms with van der Waals surface area (Å²) in [7, 11) is -3.38. The fraction of sp³-hybridized carbons (Fsp3) is 0.188. The molecular weight excluding hydrogens is 302 g/mol. The van der Waals surface area contributed by atoms with E-state index in [9.17, 15) is 18.3 Å². The van der Waals surface area contributed by atoms with E-state index in [0.717, 1.165) is 11.8 Å². The second-order valence-corrected chi connectivity index (χ2v) is 6.70. The predicted molar refractivity (Wildman–Crippen MR) is 86.7 cm³/mol. The van der Waals surface area contributed by atoms with Crippen LogP contribution in [0.5, 0.6) is 0 Å². The molecule has 0 aliphatic heterocycles. The summed E-state index contributed by atoms with van der Waals surface area (Å²) in [6.45, 7) is 1.95. The number of sulfonamides is 1. The first kappa shape index (κ1) is 16.0. The molecule has 0 aliphatic carbocycles. The van der Waals surface area contributed by atoms with E-state index in [-0.39, 0.29) is 5.56 Å². The first-order chi connectivity index (χ1) is 10.3. The minimum atomic E-state index is -3.38. The lowest BCUT2D eigenvalue weighted by molar-refractivity contribution is 0.0697. The summed E-state index contributed by atoms with van der Waals surface area (Å²) in [6, 6.07) is 11.9. The van der Waals surface area contributed by atoms with E-state index in [1.807, 2.05) is 13.0 Å². The molecule has 0 spiro atoms. The topological polar surface area (TPSA) is 83.5 Å². The lowest BCUT2D eigenvalue weighted by Gasteiger charge is -2.13. The van der Waals surface area contributed by atoms with Crippen molar-refractivity contribution in [1.29, 1.82) is 0 Å². The smallest absolute Gasteiger partial charge is 0.336 e. The van der Waals surface area contributed by atoms with Crippen LogP contribution >= 0.6 is 0 Å². The van der Waals surface area contributed by atoms with E-state index in [0.29, 0.717) is 23.2 Å². The van der Waals surface area contributed by atoms with Crippen LogP contribution in [0.15, 0.2) is 42.5 Å². The van der Waals surface area contributed by atoms with Gasteiger partial charge in [0.2, 0.25) is 10.0 Å². The van der Waals surface area contributed by atoms with Gasteiger partial charge in [-0.25, -0.2) is 13.2 Å². The van der Waals surface area contributed by atoms with Crippen molar-refractivity contribution in [2.24, 2.45) is 0 Å². The molecule has 0 bridgehead atoms. The Kier molecular flexibility index (Phi) is 4.51. The molecule has 0 heterocycles. The normalized spacial score (nSPS) is 11.2. The minimum Gasteiger partial charge on any atom is -0.478 e. The van der Waals surface area contributed by atoms with E-state index in [1.165, 1.54) is 0 Å². The zero-order valence-corrected chi connectivity index (χ0v) is 13.1. The van der Waals surface area contributed by atoms with Gasteiger partial charge in [0.15, 0.2) is 0 Å². The third-order valence-electron chi connectivity index (χ3n) is 3.22. The van der Waals surface area contributed by atoms with Crippen molar-refractivity contribution < 1.29 is 18.3 Å². The number of anilines is 1. The average Bonchev–Trinajstić information content (AvgIpc) is 2.44. The SMILES string of the molecule is CCc1cccc(C(=O)O)c1-c1cccc(NS(C)(=O)=O)c1. The van der Waals surface area contributed by atoms with E-state index < -0.39 is 16.0 Å². The molecule has 5 nitrogen and oxygen atoms in total. The van der Waals surface area contributed by atoms with Gasteiger partial charge in [-0.2, -0.15) is 0 Å². The van der Waals surface area contributed by atoms with Crippen molar-refractivity contribution in [1.82, 2.24) is 0 Å². The second-order valence-electron chi connectivity index (χ2n) is 4.95. The lowest BCUT2D eigenvalue weighted by Crippen LogP contribution is -2.09. The summed E-state index contributed by atoms with van der Waals surface area (Å²) in [5.41, 5.74) is 2.80. The highest BCUT2D eigenvalue weighted by Crippen LogP contribution is 2.30. The monoisotopic (exact) mass is 319 g/mol. The van der Waals surface area contributed by atoms with Crippen molar-refractivity contribution in [3.8, 4) is 11.1 Å². The molecule has 2 aromatic rings. The van der Waals surface area contributed by atoms with Gasteiger partial charge in [0.05, 0.1) is 11.8 Å². The highest BCUT2D eigenvalue weighted by atomic mass is 32.2.